The van der Waals surface area contributed by atoms with E-state index in [0.717, 1.165) is 5.06 Å². The van der Waals surface area contributed by atoms with E-state index in [0.29, 0.717) is 13.1 Å². The van der Waals surface area contributed by atoms with Crippen LogP contribution in [0.3, 0.4) is 0 Å². The van der Waals surface area contributed by atoms with Crippen LogP contribution in [0.5, 0.6) is 0 Å². The van der Waals surface area contributed by atoms with Crippen molar-refractivity contribution in [1.29, 1.82) is 0 Å². The van der Waals surface area contributed by atoms with Crippen LogP contribution >= 0.6 is 0 Å². The van der Waals surface area contributed by atoms with Crippen LogP contribution in [-0.2, 0) is 4.79 Å². The van der Waals surface area contributed by atoms with Crippen molar-refractivity contribution in [3.05, 3.63) is 0 Å². The van der Waals surface area contributed by atoms with Crippen LogP contribution in [0, 0.1) is 0 Å². The van der Waals surface area contributed by atoms with Crippen molar-refractivity contribution < 1.29 is 15.1 Å². The molecule has 0 aromatic carbocycles. The largest absolute Gasteiger partial charge is 0.395 e. The number of amides is 1. The van der Waals surface area contributed by atoms with Gasteiger partial charge < -0.3 is 15.2 Å². The van der Waals surface area contributed by atoms with Gasteiger partial charge in [-0.1, -0.05) is 0 Å². The van der Waals surface area contributed by atoms with Crippen molar-refractivity contribution in [3.8, 4) is 0 Å². The molecule has 88 valence electrons. The highest BCUT2D eigenvalue weighted by Gasteiger charge is 2.49. The number of hydrogen-bond acceptors (Lipinski definition) is 4. The Hall–Kier alpha value is -0.650. The number of aliphatic hydroxyl groups is 1. The lowest BCUT2D eigenvalue weighted by atomic mass is 9.90. The smallest absolute Gasteiger partial charge is 0.245 e. The summed E-state index contributed by atoms with van der Waals surface area (Å²) in [6.07, 6.45) is 0. The summed E-state index contributed by atoms with van der Waals surface area (Å²) in [5.74, 6) is -0.154. The number of carbonyl (C=O) groups is 1. The molecule has 5 nitrogen and oxygen atoms in total. The topological polar surface area (TPSA) is 64.0 Å². The van der Waals surface area contributed by atoms with Crippen LogP contribution in [0.2, 0.25) is 0 Å². The Bertz CT molecular complexity index is 263. The summed E-state index contributed by atoms with van der Waals surface area (Å²) in [4.78, 5) is 13.5. The monoisotopic (exact) mass is 216 g/mol. The van der Waals surface area contributed by atoms with Gasteiger partial charge in [0, 0.05) is 13.1 Å². The number of carbonyl (C=O) groups excluding carboxylic acids is 1. The van der Waals surface area contributed by atoms with Crippen molar-refractivity contribution >= 4 is 5.91 Å². The molecule has 1 aliphatic heterocycles. The Kier molecular flexibility index (Phi) is 3.09. The van der Waals surface area contributed by atoms with Gasteiger partial charge in [-0.2, -0.15) is 5.06 Å². The molecule has 1 fully saturated rings. The molecule has 2 N–H and O–H groups in total. The fourth-order valence-corrected chi connectivity index (χ4v) is 2.14. The Balaban J connectivity index is 2.96. The van der Waals surface area contributed by atoms with Crippen molar-refractivity contribution in [2.45, 2.75) is 38.8 Å². The molecule has 0 unspecified atom stereocenters. The van der Waals surface area contributed by atoms with E-state index in [2.05, 4.69) is 0 Å². The number of piperazine rings is 1. The zero-order valence-electron chi connectivity index (χ0n) is 9.82. The van der Waals surface area contributed by atoms with E-state index in [-0.39, 0.29) is 12.5 Å². The maximum Gasteiger partial charge on any atom is 0.245 e. The van der Waals surface area contributed by atoms with Crippen LogP contribution in [-0.4, -0.2) is 57.0 Å². The van der Waals surface area contributed by atoms with E-state index in [1.807, 2.05) is 13.8 Å². The Morgan fingerprint density at radius 2 is 1.87 bits per heavy atom. The molecule has 0 saturated carbocycles. The Morgan fingerprint density at radius 1 is 1.33 bits per heavy atom. The lowest BCUT2D eigenvalue weighted by Crippen LogP contribution is -2.70. The van der Waals surface area contributed by atoms with Gasteiger partial charge in [0.1, 0.15) is 5.54 Å². The normalized spacial score (nSPS) is 25.7. The van der Waals surface area contributed by atoms with Gasteiger partial charge in [-0.05, 0) is 27.7 Å². The predicted octanol–water partition coefficient (Wildman–Crippen LogP) is 0.0693. The molecule has 0 aromatic heterocycles. The average Bonchev–Trinajstić information content (AvgIpc) is 2.12. The first-order valence-electron chi connectivity index (χ1n) is 5.13. The molecule has 1 heterocycles. The van der Waals surface area contributed by atoms with Crippen LogP contribution < -0.4 is 0 Å². The van der Waals surface area contributed by atoms with Gasteiger partial charge in [0.2, 0.25) is 5.91 Å². The van der Waals surface area contributed by atoms with Gasteiger partial charge in [-0.25, -0.2) is 0 Å². The second-order valence-electron chi connectivity index (χ2n) is 5.13. The number of nitrogens with zero attached hydrogens (tertiary/aromatic N) is 2. The molecule has 0 radical (unpaired) electrons. The third kappa shape index (κ3) is 2.00. The van der Waals surface area contributed by atoms with E-state index >= 15 is 0 Å². The summed E-state index contributed by atoms with van der Waals surface area (Å²) in [6, 6.07) is 0. The molecule has 1 rings (SSSR count). The first-order valence-corrected chi connectivity index (χ1v) is 5.13. The quantitative estimate of drug-likeness (QED) is 0.685. The van der Waals surface area contributed by atoms with Gasteiger partial charge in [-0.3, -0.25) is 4.79 Å². The van der Waals surface area contributed by atoms with Crippen LogP contribution in [0.25, 0.3) is 0 Å². The van der Waals surface area contributed by atoms with Crippen molar-refractivity contribution in [2.75, 3.05) is 19.7 Å². The van der Waals surface area contributed by atoms with Crippen LogP contribution in [0.15, 0.2) is 0 Å². The van der Waals surface area contributed by atoms with Gasteiger partial charge in [0.15, 0.2) is 0 Å². The highest BCUT2D eigenvalue weighted by molar-refractivity contribution is 5.86. The SMILES string of the molecule is CC1(C)CN(CCO)C(=O)C(C)(C)N1O. The lowest BCUT2D eigenvalue weighted by molar-refractivity contribution is -0.247. The molecular formula is C10H20N2O3. The van der Waals surface area contributed by atoms with E-state index in [9.17, 15) is 10.0 Å². The maximum absolute atomic E-state index is 11.9. The summed E-state index contributed by atoms with van der Waals surface area (Å²) < 4.78 is 0. The number of rotatable bonds is 2. The molecule has 0 aromatic rings. The minimum Gasteiger partial charge on any atom is -0.395 e. The fourth-order valence-electron chi connectivity index (χ4n) is 2.14. The predicted molar refractivity (Wildman–Crippen MR) is 55.4 cm³/mol. The number of β-amino-alcohol motifs (C(OH)–C–C–N with tert-alkyl or cyclic N) is 1. The van der Waals surface area contributed by atoms with Gasteiger partial charge in [-0.15, -0.1) is 0 Å². The van der Waals surface area contributed by atoms with E-state index in [1.54, 1.807) is 18.7 Å². The zero-order chi connectivity index (χ0) is 11.9. The van der Waals surface area contributed by atoms with Gasteiger partial charge >= 0.3 is 0 Å². The van der Waals surface area contributed by atoms with Gasteiger partial charge in [0.05, 0.1) is 12.1 Å². The highest BCUT2D eigenvalue weighted by Crippen LogP contribution is 2.30. The highest BCUT2D eigenvalue weighted by atomic mass is 16.5. The molecule has 1 amide bonds. The van der Waals surface area contributed by atoms with E-state index < -0.39 is 11.1 Å². The molecular weight excluding hydrogens is 196 g/mol. The molecule has 0 atom stereocenters. The Morgan fingerprint density at radius 3 is 2.33 bits per heavy atom. The maximum atomic E-state index is 11.9. The van der Waals surface area contributed by atoms with Gasteiger partial charge in [0.25, 0.3) is 0 Å². The summed E-state index contributed by atoms with van der Waals surface area (Å²) >= 11 is 0. The van der Waals surface area contributed by atoms with Crippen LogP contribution in [0.4, 0.5) is 0 Å². The zero-order valence-corrected chi connectivity index (χ0v) is 9.82. The standard InChI is InChI=1S/C10H20N2O3/c1-9(2)7-11(5-6-13)8(14)10(3,4)12(9)15/h13,15H,5-7H2,1-4H3. The average molecular weight is 216 g/mol. The number of aliphatic hydroxyl groups excluding tert-OH is 1. The third-order valence-electron chi connectivity index (χ3n) is 2.86. The summed E-state index contributed by atoms with van der Waals surface area (Å²) in [5, 5.41) is 19.9. The molecule has 5 heteroatoms. The molecule has 0 aliphatic carbocycles. The van der Waals surface area contributed by atoms with Crippen molar-refractivity contribution in [2.24, 2.45) is 0 Å². The second-order valence-corrected chi connectivity index (χ2v) is 5.13. The van der Waals surface area contributed by atoms with Crippen molar-refractivity contribution in [3.63, 3.8) is 0 Å². The van der Waals surface area contributed by atoms with E-state index in [4.69, 9.17) is 5.11 Å². The molecule has 1 aliphatic rings. The molecule has 1 saturated heterocycles. The minimum absolute atomic E-state index is 0.0523. The minimum atomic E-state index is -0.934. The van der Waals surface area contributed by atoms with Crippen LogP contribution in [0.1, 0.15) is 27.7 Å². The summed E-state index contributed by atoms with van der Waals surface area (Å²) in [5.41, 5.74) is -1.43. The number of hydroxylamine groups is 2. The number of hydrogen-bond donors (Lipinski definition) is 2. The fraction of sp³-hybridized carbons (Fsp3) is 0.900. The first-order chi connectivity index (χ1) is 6.73. The molecule has 0 spiro atoms. The Labute approximate surface area is 90.2 Å². The summed E-state index contributed by atoms with van der Waals surface area (Å²) in [6.45, 7) is 7.79. The molecule has 0 bridgehead atoms. The second kappa shape index (κ2) is 3.73. The van der Waals surface area contributed by atoms with Crippen molar-refractivity contribution in [1.82, 2.24) is 9.96 Å². The summed E-state index contributed by atoms with van der Waals surface area (Å²) in [7, 11) is 0. The van der Waals surface area contributed by atoms with E-state index in [1.165, 1.54) is 0 Å². The molecule has 15 heavy (non-hydrogen) atoms. The third-order valence-corrected chi connectivity index (χ3v) is 2.86. The first kappa shape index (κ1) is 12.4. The lowest BCUT2D eigenvalue weighted by Gasteiger charge is -2.51.